The number of ketones is 1. The zero-order chi connectivity index (χ0) is 17.5. The predicted molar refractivity (Wildman–Crippen MR) is 93.4 cm³/mol. The fourth-order valence-electron chi connectivity index (χ4n) is 2.41. The Labute approximate surface area is 141 Å². The second-order valence-electron chi connectivity index (χ2n) is 5.55. The van der Waals surface area contributed by atoms with Gasteiger partial charge in [-0.3, -0.25) is 4.79 Å². The van der Waals surface area contributed by atoms with Crippen LogP contribution in [0.5, 0.6) is 0 Å². The molecule has 2 aromatic rings. The van der Waals surface area contributed by atoms with Crippen LogP contribution in [-0.4, -0.2) is 22.0 Å². The summed E-state index contributed by atoms with van der Waals surface area (Å²) in [6, 6.07) is 13.5. The van der Waals surface area contributed by atoms with Crippen molar-refractivity contribution in [2.45, 2.75) is 26.2 Å². The summed E-state index contributed by atoms with van der Waals surface area (Å²) in [4.78, 5) is 23.9. The summed E-state index contributed by atoms with van der Waals surface area (Å²) in [5.41, 5.74) is 1.43. The Morgan fingerprint density at radius 2 is 1.71 bits per heavy atom. The van der Waals surface area contributed by atoms with E-state index < -0.39 is 11.8 Å². The molecule has 0 saturated carbocycles. The van der Waals surface area contributed by atoms with E-state index in [-0.39, 0.29) is 16.9 Å². The van der Waals surface area contributed by atoms with E-state index >= 15 is 0 Å². The Kier molecular flexibility index (Phi) is 5.90. The molecule has 0 amide bonds. The van der Waals surface area contributed by atoms with Gasteiger partial charge in [0.05, 0.1) is 5.56 Å². The minimum Gasteiger partial charge on any atom is -0.507 e. The van der Waals surface area contributed by atoms with E-state index in [4.69, 9.17) is 0 Å². The van der Waals surface area contributed by atoms with Crippen LogP contribution in [-0.2, 0) is 6.42 Å². The van der Waals surface area contributed by atoms with E-state index in [0.717, 1.165) is 30.9 Å². The summed E-state index contributed by atoms with van der Waals surface area (Å²) in [6.45, 7) is 2.06. The van der Waals surface area contributed by atoms with Gasteiger partial charge in [0.25, 0.3) is 0 Å². The summed E-state index contributed by atoms with van der Waals surface area (Å²) in [6.07, 6.45) is 3.80. The maximum atomic E-state index is 12.4. The van der Waals surface area contributed by atoms with Crippen molar-refractivity contribution in [3.05, 3.63) is 76.9 Å². The third-order valence-electron chi connectivity index (χ3n) is 3.74. The van der Waals surface area contributed by atoms with E-state index in [0.29, 0.717) is 5.56 Å². The van der Waals surface area contributed by atoms with Crippen LogP contribution in [0.25, 0.3) is 5.76 Å². The van der Waals surface area contributed by atoms with Gasteiger partial charge in [-0.1, -0.05) is 49.7 Å². The van der Waals surface area contributed by atoms with Gasteiger partial charge in [0.15, 0.2) is 5.78 Å². The Morgan fingerprint density at radius 1 is 1.00 bits per heavy atom. The van der Waals surface area contributed by atoms with Crippen LogP contribution in [0.1, 0.15) is 51.6 Å². The number of carbonyl (C=O) groups is 2. The molecule has 2 N–H and O–H groups in total. The maximum absolute atomic E-state index is 12.4. The van der Waals surface area contributed by atoms with Gasteiger partial charge in [-0.2, -0.15) is 0 Å². The van der Waals surface area contributed by atoms with E-state index in [1.165, 1.54) is 6.07 Å². The number of hydrogen-bond acceptors (Lipinski definition) is 3. The highest BCUT2D eigenvalue weighted by Gasteiger charge is 2.16. The maximum Gasteiger partial charge on any atom is 0.336 e. The lowest BCUT2D eigenvalue weighted by molar-refractivity contribution is 0.0692. The number of rotatable bonds is 7. The lowest BCUT2D eigenvalue weighted by Gasteiger charge is -2.07. The normalized spacial score (nSPS) is 11.3. The molecule has 0 heterocycles. The van der Waals surface area contributed by atoms with Crippen molar-refractivity contribution in [2.24, 2.45) is 0 Å². The Balaban J connectivity index is 2.33. The zero-order valence-electron chi connectivity index (χ0n) is 13.5. The van der Waals surface area contributed by atoms with Gasteiger partial charge in [0.2, 0.25) is 0 Å². The van der Waals surface area contributed by atoms with E-state index in [1.54, 1.807) is 42.5 Å². The van der Waals surface area contributed by atoms with Gasteiger partial charge in [-0.25, -0.2) is 4.79 Å². The number of carboxylic acid groups (broad SMARTS) is 1. The van der Waals surface area contributed by atoms with Crippen LogP contribution in [0.3, 0.4) is 0 Å². The van der Waals surface area contributed by atoms with Crippen molar-refractivity contribution in [1.29, 1.82) is 0 Å². The molecule has 0 fully saturated rings. The van der Waals surface area contributed by atoms with E-state index in [1.807, 2.05) is 0 Å². The monoisotopic (exact) mass is 324 g/mol. The predicted octanol–water partition coefficient (Wildman–Crippen LogP) is 4.51. The van der Waals surface area contributed by atoms with Crippen LogP contribution in [0, 0.1) is 0 Å². The summed E-state index contributed by atoms with van der Waals surface area (Å²) in [5.74, 6) is -1.87. The second kappa shape index (κ2) is 8.11. The molecule has 0 unspecified atom stereocenters. The number of carbonyl (C=O) groups excluding carboxylic acids is 1. The average molecular weight is 324 g/mol. The van der Waals surface area contributed by atoms with Crippen molar-refractivity contribution < 1.29 is 19.8 Å². The largest absolute Gasteiger partial charge is 0.507 e. The van der Waals surface area contributed by atoms with Crippen molar-refractivity contribution in [3.63, 3.8) is 0 Å². The minimum atomic E-state index is -1.15. The number of benzene rings is 2. The lowest BCUT2D eigenvalue weighted by atomic mass is 9.97. The number of aliphatic hydroxyl groups is 1. The highest BCUT2D eigenvalue weighted by atomic mass is 16.4. The quantitative estimate of drug-likeness (QED) is 0.446. The summed E-state index contributed by atoms with van der Waals surface area (Å²) in [5, 5.41) is 19.4. The molecule has 2 rings (SSSR count). The molecule has 24 heavy (non-hydrogen) atoms. The van der Waals surface area contributed by atoms with Crippen molar-refractivity contribution in [3.8, 4) is 0 Å². The molecular formula is C20H20O4. The SMILES string of the molecule is CCCCc1ccc(C(=O)C=C(O)c2ccccc2)c(C(=O)O)c1. The number of unbranched alkanes of at least 4 members (excludes halogenated alkanes) is 1. The minimum absolute atomic E-state index is 0.0364. The fraction of sp³-hybridized carbons (Fsp3) is 0.200. The third-order valence-corrected chi connectivity index (χ3v) is 3.74. The lowest BCUT2D eigenvalue weighted by Crippen LogP contribution is -2.08. The summed E-state index contributed by atoms with van der Waals surface area (Å²) >= 11 is 0. The van der Waals surface area contributed by atoms with Gasteiger partial charge in [0, 0.05) is 17.2 Å². The highest BCUT2D eigenvalue weighted by molar-refractivity contribution is 6.13. The second-order valence-corrected chi connectivity index (χ2v) is 5.55. The number of aliphatic hydroxyl groups excluding tert-OH is 1. The smallest absolute Gasteiger partial charge is 0.336 e. The highest BCUT2D eigenvalue weighted by Crippen LogP contribution is 2.18. The standard InChI is InChI=1S/C20H20O4/c1-2-3-7-14-10-11-16(17(12-14)20(23)24)19(22)13-18(21)15-8-5-4-6-9-15/h4-6,8-13,21H,2-3,7H2,1H3,(H,23,24). The van der Waals surface area contributed by atoms with Crippen LogP contribution in [0.2, 0.25) is 0 Å². The number of aryl methyl sites for hydroxylation is 1. The summed E-state index contributed by atoms with van der Waals surface area (Å²) < 4.78 is 0. The fourth-order valence-corrected chi connectivity index (χ4v) is 2.41. The van der Waals surface area contributed by atoms with Gasteiger partial charge < -0.3 is 10.2 Å². The molecule has 0 bridgehead atoms. The molecule has 0 saturated heterocycles. The van der Waals surface area contributed by atoms with Crippen LogP contribution in [0.4, 0.5) is 0 Å². The Bertz CT molecular complexity index is 760. The molecular weight excluding hydrogens is 304 g/mol. The van der Waals surface area contributed by atoms with Crippen molar-refractivity contribution in [1.82, 2.24) is 0 Å². The number of aromatic carboxylic acids is 1. The van der Waals surface area contributed by atoms with Gasteiger partial charge >= 0.3 is 5.97 Å². The first kappa shape index (κ1) is 17.5. The summed E-state index contributed by atoms with van der Waals surface area (Å²) in [7, 11) is 0. The van der Waals surface area contributed by atoms with E-state index in [2.05, 4.69) is 6.92 Å². The average Bonchev–Trinajstić information content (AvgIpc) is 2.60. The molecule has 124 valence electrons. The molecule has 0 aliphatic rings. The van der Waals surface area contributed by atoms with Gasteiger partial charge in [-0.05, 0) is 30.5 Å². The number of carboxylic acids is 1. The Morgan fingerprint density at radius 3 is 2.33 bits per heavy atom. The molecule has 0 radical (unpaired) electrons. The van der Waals surface area contributed by atoms with Gasteiger partial charge in [0.1, 0.15) is 5.76 Å². The first-order valence-corrected chi connectivity index (χ1v) is 7.89. The van der Waals surface area contributed by atoms with Gasteiger partial charge in [-0.15, -0.1) is 0 Å². The molecule has 4 heteroatoms. The topological polar surface area (TPSA) is 74.6 Å². The first-order valence-electron chi connectivity index (χ1n) is 7.89. The molecule has 0 atom stereocenters. The van der Waals surface area contributed by atoms with Crippen molar-refractivity contribution >= 4 is 17.5 Å². The molecule has 0 aliphatic heterocycles. The van der Waals surface area contributed by atoms with Crippen LogP contribution >= 0.6 is 0 Å². The van der Waals surface area contributed by atoms with Crippen LogP contribution < -0.4 is 0 Å². The molecule has 0 spiro atoms. The molecule has 2 aromatic carbocycles. The number of allylic oxidation sites excluding steroid dienone is 1. The van der Waals surface area contributed by atoms with E-state index in [9.17, 15) is 19.8 Å². The third kappa shape index (κ3) is 4.32. The molecule has 4 nitrogen and oxygen atoms in total. The first-order chi connectivity index (χ1) is 11.5. The number of hydrogen-bond donors (Lipinski definition) is 2. The van der Waals surface area contributed by atoms with Crippen molar-refractivity contribution in [2.75, 3.05) is 0 Å². The zero-order valence-corrected chi connectivity index (χ0v) is 13.5. The molecule has 0 aromatic heterocycles. The Hall–Kier alpha value is -2.88. The van der Waals surface area contributed by atoms with Crippen LogP contribution in [0.15, 0.2) is 54.6 Å². The molecule has 0 aliphatic carbocycles.